The van der Waals surface area contributed by atoms with Crippen LogP contribution in [0.15, 0.2) is 127 Å². The molecular weight excluding hydrogens is 471 g/mol. The molecule has 0 saturated carbocycles. The van der Waals surface area contributed by atoms with Crippen LogP contribution in [0.5, 0.6) is 0 Å². The average Bonchev–Trinajstić information content (AvgIpc) is 3.52. The van der Waals surface area contributed by atoms with Crippen LogP contribution in [0.4, 0.5) is 0 Å². The fourth-order valence-electron chi connectivity index (χ4n) is 7.62. The molecule has 6 aromatic carbocycles. The number of hydrogen-bond acceptors (Lipinski definition) is 0. The van der Waals surface area contributed by atoms with Crippen molar-refractivity contribution >= 4 is 66.7 Å². The Kier molecular flexibility index (Phi) is 3.54. The van der Waals surface area contributed by atoms with Gasteiger partial charge in [-0.1, -0.05) is 97.1 Å². The summed E-state index contributed by atoms with van der Waals surface area (Å²) < 4.78 is 5.04. The molecule has 2 aliphatic heterocycles. The van der Waals surface area contributed by atoms with Gasteiger partial charge in [0, 0.05) is 44.0 Å². The van der Waals surface area contributed by atoms with E-state index in [0.29, 0.717) is 0 Å². The van der Waals surface area contributed by atoms with E-state index in [1.807, 2.05) is 0 Å². The predicted octanol–water partition coefficient (Wildman–Crippen LogP) is 6.69. The summed E-state index contributed by atoms with van der Waals surface area (Å²) in [5.74, 6) is 0. The van der Waals surface area contributed by atoms with E-state index in [1.54, 1.807) is 0 Å². The van der Waals surface area contributed by atoms with Crippen molar-refractivity contribution < 1.29 is 0 Å². The SMILES string of the molecule is c1ccc(-c2ccc3c(c2)c2cccc4c2n3-c2cccc3c2B4c2cccc4c5ccccc5n-3c24)cc1. The summed E-state index contributed by atoms with van der Waals surface area (Å²) in [5, 5.41) is 5.30. The van der Waals surface area contributed by atoms with Crippen molar-refractivity contribution in [3.05, 3.63) is 127 Å². The first-order valence-electron chi connectivity index (χ1n) is 13.7. The predicted molar refractivity (Wildman–Crippen MR) is 165 cm³/mol. The van der Waals surface area contributed by atoms with Crippen LogP contribution >= 0.6 is 0 Å². The minimum atomic E-state index is 0.200. The fraction of sp³-hybridized carbons (Fsp3) is 0. The van der Waals surface area contributed by atoms with Gasteiger partial charge in [-0.3, -0.25) is 0 Å². The van der Waals surface area contributed by atoms with E-state index < -0.39 is 0 Å². The summed E-state index contributed by atoms with van der Waals surface area (Å²) in [6.45, 7) is 0.200. The summed E-state index contributed by atoms with van der Waals surface area (Å²) in [6.07, 6.45) is 0. The van der Waals surface area contributed by atoms with Crippen LogP contribution < -0.4 is 16.4 Å². The van der Waals surface area contributed by atoms with Crippen LogP contribution in [0.25, 0.3) is 66.1 Å². The average molecular weight is 492 g/mol. The van der Waals surface area contributed by atoms with Gasteiger partial charge in [-0.15, -0.1) is 0 Å². The number of fused-ring (bicyclic) bond motifs is 10. The maximum atomic E-state index is 2.53. The van der Waals surface area contributed by atoms with Gasteiger partial charge < -0.3 is 9.13 Å². The zero-order chi connectivity index (χ0) is 25.2. The third-order valence-corrected chi connectivity index (χ3v) is 9.10. The lowest BCUT2D eigenvalue weighted by Gasteiger charge is -2.33. The first-order valence-corrected chi connectivity index (χ1v) is 13.7. The number of nitrogens with zero attached hydrogens (tertiary/aromatic N) is 2. The minimum absolute atomic E-state index is 0.200. The third kappa shape index (κ3) is 2.31. The molecule has 0 radical (unpaired) electrons. The highest BCUT2D eigenvalue weighted by atomic mass is 15.0. The van der Waals surface area contributed by atoms with Crippen molar-refractivity contribution in [2.75, 3.05) is 0 Å². The Hall–Kier alpha value is -5.02. The molecule has 2 aromatic heterocycles. The number of hydrogen-bond donors (Lipinski definition) is 0. The Bertz CT molecular complexity index is 2340. The van der Waals surface area contributed by atoms with E-state index in [2.05, 4.69) is 137 Å². The lowest BCUT2D eigenvalue weighted by Crippen LogP contribution is -2.59. The van der Waals surface area contributed by atoms with E-state index in [1.165, 1.54) is 82.5 Å². The molecule has 0 atom stereocenters. The van der Waals surface area contributed by atoms with Crippen LogP contribution in [0.2, 0.25) is 0 Å². The summed E-state index contributed by atoms with van der Waals surface area (Å²) in [7, 11) is 0. The van der Waals surface area contributed by atoms with Gasteiger partial charge in [0.15, 0.2) is 0 Å². The Morgan fingerprint density at radius 2 is 1.00 bits per heavy atom. The molecule has 2 nitrogen and oxygen atoms in total. The largest absolute Gasteiger partial charge is 0.310 e. The molecule has 39 heavy (non-hydrogen) atoms. The Balaban J connectivity index is 1.38. The Morgan fingerprint density at radius 3 is 1.74 bits per heavy atom. The van der Waals surface area contributed by atoms with Crippen LogP contribution in [0.1, 0.15) is 0 Å². The lowest BCUT2D eigenvalue weighted by molar-refractivity contribution is 1.14. The highest BCUT2D eigenvalue weighted by Gasteiger charge is 2.40. The molecule has 0 aliphatic carbocycles. The van der Waals surface area contributed by atoms with E-state index in [-0.39, 0.29) is 6.71 Å². The molecule has 2 aliphatic rings. The first-order chi connectivity index (χ1) is 19.4. The van der Waals surface area contributed by atoms with Crippen molar-refractivity contribution in [3.8, 4) is 22.5 Å². The highest BCUT2D eigenvalue weighted by molar-refractivity contribution is 7.00. The highest BCUT2D eigenvalue weighted by Crippen LogP contribution is 2.39. The van der Waals surface area contributed by atoms with Gasteiger partial charge in [-0.05, 0) is 57.8 Å². The molecule has 0 bridgehead atoms. The molecule has 10 rings (SSSR count). The van der Waals surface area contributed by atoms with Crippen LogP contribution in [0, 0.1) is 0 Å². The Labute approximate surface area is 225 Å². The standard InChI is InChI=1S/C36H21BN2/c1-2-9-22(10-3-1)23-19-20-31-27(21-23)26-13-7-15-29-36(26)39(31)33-18-8-17-32-34(33)37(29)28-14-6-12-25-24-11-4-5-16-30(24)38(32)35(25)28/h1-21H. The van der Waals surface area contributed by atoms with E-state index in [0.717, 1.165) is 0 Å². The zero-order valence-corrected chi connectivity index (χ0v) is 21.1. The van der Waals surface area contributed by atoms with E-state index >= 15 is 0 Å². The molecular formula is C36H21BN2. The molecule has 0 spiro atoms. The maximum Gasteiger partial charge on any atom is 0.252 e. The van der Waals surface area contributed by atoms with Crippen molar-refractivity contribution in [2.24, 2.45) is 0 Å². The molecule has 3 heteroatoms. The van der Waals surface area contributed by atoms with Crippen molar-refractivity contribution in [1.82, 2.24) is 9.13 Å². The molecule has 178 valence electrons. The van der Waals surface area contributed by atoms with Gasteiger partial charge in [0.05, 0.1) is 11.0 Å². The molecule has 4 heterocycles. The monoisotopic (exact) mass is 492 g/mol. The van der Waals surface area contributed by atoms with Crippen molar-refractivity contribution in [1.29, 1.82) is 0 Å². The topological polar surface area (TPSA) is 9.86 Å². The molecule has 8 aromatic rings. The molecule has 0 saturated heterocycles. The van der Waals surface area contributed by atoms with Crippen LogP contribution in [-0.4, -0.2) is 15.8 Å². The van der Waals surface area contributed by atoms with Gasteiger partial charge in [0.25, 0.3) is 6.71 Å². The second-order valence-corrected chi connectivity index (χ2v) is 10.9. The third-order valence-electron chi connectivity index (χ3n) is 9.10. The van der Waals surface area contributed by atoms with Crippen molar-refractivity contribution in [3.63, 3.8) is 0 Å². The van der Waals surface area contributed by atoms with Gasteiger partial charge in [0.2, 0.25) is 0 Å². The molecule has 0 amide bonds. The summed E-state index contributed by atoms with van der Waals surface area (Å²) >= 11 is 0. The molecule has 0 N–H and O–H groups in total. The quantitative estimate of drug-likeness (QED) is 0.226. The number of aromatic nitrogens is 2. The van der Waals surface area contributed by atoms with Gasteiger partial charge in [-0.2, -0.15) is 0 Å². The van der Waals surface area contributed by atoms with E-state index in [4.69, 9.17) is 0 Å². The summed E-state index contributed by atoms with van der Waals surface area (Å²) in [4.78, 5) is 0. The van der Waals surface area contributed by atoms with Gasteiger partial charge in [-0.25, -0.2) is 0 Å². The number of rotatable bonds is 1. The number of benzene rings is 6. The molecule has 0 unspecified atom stereocenters. The van der Waals surface area contributed by atoms with Gasteiger partial charge >= 0.3 is 0 Å². The van der Waals surface area contributed by atoms with Crippen LogP contribution in [-0.2, 0) is 0 Å². The maximum absolute atomic E-state index is 2.53. The lowest BCUT2D eigenvalue weighted by atomic mass is 9.34. The number of para-hydroxylation sites is 3. The summed E-state index contributed by atoms with van der Waals surface area (Å²) in [5.41, 5.74) is 14.5. The summed E-state index contributed by atoms with van der Waals surface area (Å²) in [6, 6.07) is 47.2. The van der Waals surface area contributed by atoms with E-state index in [9.17, 15) is 0 Å². The molecule has 0 fully saturated rings. The first kappa shape index (κ1) is 20.0. The smallest absolute Gasteiger partial charge is 0.252 e. The normalized spacial score (nSPS) is 13.1. The zero-order valence-electron chi connectivity index (χ0n) is 21.1. The Morgan fingerprint density at radius 1 is 0.410 bits per heavy atom. The van der Waals surface area contributed by atoms with Gasteiger partial charge in [0.1, 0.15) is 0 Å². The second kappa shape index (κ2) is 6.89. The van der Waals surface area contributed by atoms with Crippen LogP contribution in [0.3, 0.4) is 0 Å². The second-order valence-electron chi connectivity index (χ2n) is 10.9. The minimum Gasteiger partial charge on any atom is -0.310 e. The van der Waals surface area contributed by atoms with Crippen molar-refractivity contribution in [2.45, 2.75) is 0 Å². The fourth-order valence-corrected chi connectivity index (χ4v) is 7.62.